The van der Waals surface area contributed by atoms with Gasteiger partial charge in [-0.25, -0.2) is 14.2 Å². The van der Waals surface area contributed by atoms with Crippen LogP contribution in [0, 0.1) is 5.82 Å². The smallest absolute Gasteiger partial charge is 0.339 e. The summed E-state index contributed by atoms with van der Waals surface area (Å²) in [5.41, 5.74) is -0.434. The molecule has 88 valence electrons. The molecule has 1 aromatic heterocycles. The average molecular weight is 226 g/mol. The molecule has 0 amide bonds. The fourth-order valence-electron chi connectivity index (χ4n) is 1.11. The van der Waals surface area contributed by atoms with E-state index >= 15 is 0 Å². The Labute approximate surface area is 93.5 Å². The Morgan fingerprint density at radius 1 is 1.62 bits per heavy atom. The number of carboxylic acids is 1. The standard InChI is InChI=1S/C11H15FN2O2/c1-4-11(2,3)14-9-8(10(15)16)5-7(12)6-13-9/h5-6H,4H2,1-3H3,(H,13,14)(H,15,16). The lowest BCUT2D eigenvalue weighted by molar-refractivity contribution is 0.0697. The third kappa shape index (κ3) is 2.92. The van der Waals surface area contributed by atoms with Gasteiger partial charge in [0.05, 0.1) is 6.20 Å². The van der Waals surface area contributed by atoms with Crippen molar-refractivity contribution in [2.75, 3.05) is 5.32 Å². The summed E-state index contributed by atoms with van der Waals surface area (Å²) in [5.74, 6) is -1.65. The Hall–Kier alpha value is -1.65. The summed E-state index contributed by atoms with van der Waals surface area (Å²) in [6.45, 7) is 5.81. The number of aromatic carboxylic acids is 1. The first-order valence-corrected chi connectivity index (χ1v) is 5.03. The molecule has 0 unspecified atom stereocenters. The van der Waals surface area contributed by atoms with Gasteiger partial charge in [-0.3, -0.25) is 0 Å². The summed E-state index contributed by atoms with van der Waals surface area (Å²) < 4.78 is 12.9. The molecule has 0 spiro atoms. The first-order valence-electron chi connectivity index (χ1n) is 5.03. The van der Waals surface area contributed by atoms with E-state index in [1.165, 1.54) is 0 Å². The molecular weight excluding hydrogens is 211 g/mol. The maximum absolute atomic E-state index is 12.9. The van der Waals surface area contributed by atoms with Crippen molar-refractivity contribution in [2.24, 2.45) is 0 Å². The Morgan fingerprint density at radius 3 is 2.75 bits per heavy atom. The van der Waals surface area contributed by atoms with Crippen LogP contribution in [0.1, 0.15) is 37.6 Å². The zero-order chi connectivity index (χ0) is 12.3. The number of hydrogen-bond donors (Lipinski definition) is 2. The van der Waals surface area contributed by atoms with Crippen molar-refractivity contribution in [3.63, 3.8) is 0 Å². The normalized spacial score (nSPS) is 11.2. The average Bonchev–Trinajstić information content (AvgIpc) is 2.20. The molecule has 0 bridgehead atoms. The summed E-state index contributed by atoms with van der Waals surface area (Å²) in [6.07, 6.45) is 1.80. The molecule has 1 rings (SSSR count). The number of hydrogen-bond acceptors (Lipinski definition) is 3. The molecule has 0 atom stereocenters. The van der Waals surface area contributed by atoms with Gasteiger partial charge in [-0.15, -0.1) is 0 Å². The first-order chi connectivity index (χ1) is 7.35. The van der Waals surface area contributed by atoms with E-state index in [2.05, 4.69) is 10.3 Å². The Bertz CT molecular complexity index is 405. The Kier molecular flexibility index (Phi) is 3.47. The monoisotopic (exact) mass is 226 g/mol. The second-order valence-electron chi connectivity index (χ2n) is 4.22. The van der Waals surface area contributed by atoms with Crippen LogP contribution in [0.25, 0.3) is 0 Å². The number of halogens is 1. The fraction of sp³-hybridized carbons (Fsp3) is 0.455. The highest BCUT2D eigenvalue weighted by molar-refractivity contribution is 5.93. The quantitative estimate of drug-likeness (QED) is 0.828. The molecule has 5 heteroatoms. The lowest BCUT2D eigenvalue weighted by Gasteiger charge is -2.25. The van der Waals surface area contributed by atoms with Crippen LogP contribution < -0.4 is 5.32 Å². The lowest BCUT2D eigenvalue weighted by Crippen LogP contribution is -2.31. The predicted molar refractivity (Wildman–Crippen MR) is 59.1 cm³/mol. The molecule has 4 nitrogen and oxygen atoms in total. The zero-order valence-electron chi connectivity index (χ0n) is 9.54. The minimum absolute atomic E-state index is 0.151. The zero-order valence-corrected chi connectivity index (χ0v) is 9.54. The van der Waals surface area contributed by atoms with E-state index in [-0.39, 0.29) is 16.9 Å². The molecule has 1 heterocycles. The van der Waals surface area contributed by atoms with Gasteiger partial charge in [0, 0.05) is 5.54 Å². The van der Waals surface area contributed by atoms with Crippen molar-refractivity contribution in [1.29, 1.82) is 0 Å². The highest BCUT2D eigenvalue weighted by Gasteiger charge is 2.20. The van der Waals surface area contributed by atoms with Crippen molar-refractivity contribution in [3.8, 4) is 0 Å². The Balaban J connectivity index is 3.09. The van der Waals surface area contributed by atoms with Gasteiger partial charge in [0.2, 0.25) is 0 Å². The number of carboxylic acid groups (broad SMARTS) is 1. The minimum Gasteiger partial charge on any atom is -0.478 e. The summed E-state index contributed by atoms with van der Waals surface area (Å²) in [6, 6.07) is 0.962. The van der Waals surface area contributed by atoms with Crippen molar-refractivity contribution >= 4 is 11.8 Å². The number of rotatable bonds is 4. The molecule has 0 aliphatic rings. The summed E-state index contributed by atoms with van der Waals surface area (Å²) >= 11 is 0. The third-order valence-corrected chi connectivity index (χ3v) is 2.43. The third-order valence-electron chi connectivity index (χ3n) is 2.43. The maximum Gasteiger partial charge on any atom is 0.339 e. The van der Waals surface area contributed by atoms with Crippen LogP contribution in [0.2, 0.25) is 0 Å². The van der Waals surface area contributed by atoms with Gasteiger partial charge in [0.15, 0.2) is 0 Å². The van der Waals surface area contributed by atoms with Crippen molar-refractivity contribution in [3.05, 3.63) is 23.6 Å². The fourth-order valence-corrected chi connectivity index (χ4v) is 1.11. The summed E-state index contributed by atoms with van der Waals surface area (Å²) in [4.78, 5) is 14.7. The lowest BCUT2D eigenvalue weighted by atomic mass is 10.0. The second-order valence-corrected chi connectivity index (χ2v) is 4.22. The number of anilines is 1. The second kappa shape index (κ2) is 4.47. The molecule has 16 heavy (non-hydrogen) atoms. The molecule has 0 radical (unpaired) electrons. The van der Waals surface area contributed by atoms with Crippen LogP contribution in [-0.2, 0) is 0 Å². The van der Waals surface area contributed by atoms with Crippen molar-refractivity contribution in [2.45, 2.75) is 32.7 Å². The molecule has 0 saturated carbocycles. The van der Waals surface area contributed by atoms with E-state index < -0.39 is 11.8 Å². The minimum atomic E-state index is -1.19. The Morgan fingerprint density at radius 2 is 2.25 bits per heavy atom. The van der Waals surface area contributed by atoms with Gasteiger partial charge in [-0.1, -0.05) is 6.92 Å². The SMILES string of the molecule is CCC(C)(C)Nc1ncc(F)cc1C(=O)O. The van der Waals surface area contributed by atoms with E-state index in [9.17, 15) is 9.18 Å². The highest BCUT2D eigenvalue weighted by atomic mass is 19.1. The van der Waals surface area contributed by atoms with E-state index in [0.717, 1.165) is 18.7 Å². The molecular formula is C11H15FN2O2. The molecule has 2 N–H and O–H groups in total. The number of nitrogens with one attached hydrogen (secondary N) is 1. The van der Waals surface area contributed by atoms with Gasteiger partial charge in [0.1, 0.15) is 17.2 Å². The largest absolute Gasteiger partial charge is 0.478 e. The molecule has 0 fully saturated rings. The van der Waals surface area contributed by atoms with E-state index in [4.69, 9.17) is 5.11 Å². The van der Waals surface area contributed by atoms with Gasteiger partial charge in [-0.2, -0.15) is 0 Å². The summed E-state index contributed by atoms with van der Waals surface area (Å²) in [5, 5.41) is 11.9. The van der Waals surface area contributed by atoms with Gasteiger partial charge >= 0.3 is 5.97 Å². The molecule has 0 aliphatic carbocycles. The van der Waals surface area contributed by atoms with Crippen LogP contribution >= 0.6 is 0 Å². The van der Waals surface area contributed by atoms with Gasteiger partial charge in [-0.05, 0) is 26.3 Å². The topological polar surface area (TPSA) is 62.2 Å². The predicted octanol–water partition coefficient (Wildman–Crippen LogP) is 2.52. The summed E-state index contributed by atoms with van der Waals surface area (Å²) in [7, 11) is 0. The van der Waals surface area contributed by atoms with Crippen LogP contribution in [-0.4, -0.2) is 21.6 Å². The van der Waals surface area contributed by atoms with E-state index in [1.54, 1.807) is 0 Å². The highest BCUT2D eigenvalue weighted by Crippen LogP contribution is 2.20. The number of pyridine rings is 1. The van der Waals surface area contributed by atoms with Crippen molar-refractivity contribution in [1.82, 2.24) is 4.98 Å². The van der Waals surface area contributed by atoms with Crippen LogP contribution in [0.15, 0.2) is 12.3 Å². The van der Waals surface area contributed by atoms with Crippen molar-refractivity contribution < 1.29 is 14.3 Å². The van der Waals surface area contributed by atoms with Crippen LogP contribution in [0.5, 0.6) is 0 Å². The van der Waals surface area contributed by atoms with Gasteiger partial charge in [0.25, 0.3) is 0 Å². The number of carbonyl (C=O) groups is 1. The molecule has 0 saturated heterocycles. The van der Waals surface area contributed by atoms with E-state index in [1.807, 2.05) is 20.8 Å². The molecule has 0 aliphatic heterocycles. The number of nitrogens with zero attached hydrogens (tertiary/aromatic N) is 1. The molecule has 0 aromatic carbocycles. The molecule has 1 aromatic rings. The number of aromatic nitrogens is 1. The first kappa shape index (κ1) is 12.4. The van der Waals surface area contributed by atoms with Gasteiger partial charge < -0.3 is 10.4 Å². The maximum atomic E-state index is 12.9. The van der Waals surface area contributed by atoms with Crippen LogP contribution in [0.3, 0.4) is 0 Å². The van der Waals surface area contributed by atoms with Crippen LogP contribution in [0.4, 0.5) is 10.2 Å². The van der Waals surface area contributed by atoms with E-state index in [0.29, 0.717) is 0 Å².